The average molecular weight is 418 g/mol. The summed E-state index contributed by atoms with van der Waals surface area (Å²) in [5, 5.41) is 14.9. The average Bonchev–Trinajstić information content (AvgIpc) is 3.54. The summed E-state index contributed by atoms with van der Waals surface area (Å²) in [7, 11) is 3.47. The van der Waals surface area contributed by atoms with Crippen LogP contribution in [0.5, 0.6) is 0 Å². The Morgan fingerprint density at radius 3 is 2.77 bits per heavy atom. The van der Waals surface area contributed by atoms with Gasteiger partial charge in [-0.3, -0.25) is 14.5 Å². The zero-order chi connectivity index (χ0) is 21.4. The molecule has 10 nitrogen and oxygen atoms in total. The number of amides is 1. The van der Waals surface area contributed by atoms with Crippen molar-refractivity contribution < 1.29 is 9.53 Å². The summed E-state index contributed by atoms with van der Waals surface area (Å²) >= 11 is 0. The van der Waals surface area contributed by atoms with Gasteiger partial charge in [-0.05, 0) is 12.5 Å². The lowest BCUT2D eigenvalue weighted by Crippen LogP contribution is -2.20. The first-order valence-corrected chi connectivity index (χ1v) is 10.0. The van der Waals surface area contributed by atoms with Crippen molar-refractivity contribution >= 4 is 17.4 Å². The van der Waals surface area contributed by atoms with Gasteiger partial charge in [0.2, 0.25) is 0 Å². The predicted octanol–water partition coefficient (Wildman–Crippen LogP) is 1.75. The number of hydrogen-bond donors (Lipinski definition) is 2. The van der Waals surface area contributed by atoms with Crippen LogP contribution < -0.4 is 10.6 Å². The standard InChI is InChI=1S/C21H22N8O2/c1-22-21(30)14-5-13(6-23-7-14)17-9-25-29-11-18(15-8-24-28(2)10-15)19(27-20(17)29)26-16-3-4-31-12-16/h5-11,16H,3-4,12H2,1-2H3,(H,22,30)(H,26,27). The van der Waals surface area contributed by atoms with E-state index in [9.17, 15) is 4.79 Å². The van der Waals surface area contributed by atoms with Crippen molar-refractivity contribution in [3.8, 4) is 22.3 Å². The summed E-state index contributed by atoms with van der Waals surface area (Å²) in [6.45, 7) is 1.38. The lowest BCUT2D eigenvalue weighted by atomic mass is 10.1. The molecule has 0 bridgehead atoms. The highest BCUT2D eigenvalue weighted by atomic mass is 16.5. The third-order valence-corrected chi connectivity index (χ3v) is 5.32. The molecule has 0 aliphatic carbocycles. The second-order valence-corrected chi connectivity index (χ2v) is 7.48. The van der Waals surface area contributed by atoms with E-state index in [1.165, 1.54) is 6.20 Å². The maximum atomic E-state index is 12.0. The molecule has 1 amide bonds. The molecule has 2 N–H and O–H groups in total. The number of aryl methyl sites for hydroxylation is 1. The number of anilines is 1. The van der Waals surface area contributed by atoms with Crippen LogP contribution in [0.2, 0.25) is 0 Å². The molecule has 31 heavy (non-hydrogen) atoms. The second-order valence-electron chi connectivity index (χ2n) is 7.48. The van der Waals surface area contributed by atoms with Crippen LogP contribution >= 0.6 is 0 Å². The number of fused-ring (bicyclic) bond motifs is 1. The van der Waals surface area contributed by atoms with Crippen molar-refractivity contribution in [1.29, 1.82) is 0 Å². The zero-order valence-electron chi connectivity index (χ0n) is 17.2. The van der Waals surface area contributed by atoms with Gasteiger partial charge in [0.25, 0.3) is 5.91 Å². The number of rotatable bonds is 5. The van der Waals surface area contributed by atoms with Crippen molar-refractivity contribution in [2.24, 2.45) is 7.05 Å². The number of hydrogen-bond acceptors (Lipinski definition) is 7. The Hall–Kier alpha value is -3.79. The number of nitrogens with one attached hydrogen (secondary N) is 2. The Morgan fingerprint density at radius 1 is 1.13 bits per heavy atom. The number of nitrogens with zero attached hydrogens (tertiary/aromatic N) is 6. The highest BCUT2D eigenvalue weighted by Gasteiger charge is 2.21. The summed E-state index contributed by atoms with van der Waals surface area (Å²) < 4.78 is 9.01. The van der Waals surface area contributed by atoms with Crippen LogP contribution in [0, 0.1) is 0 Å². The molecular weight excluding hydrogens is 396 g/mol. The van der Waals surface area contributed by atoms with Gasteiger partial charge < -0.3 is 15.4 Å². The molecule has 4 aromatic rings. The summed E-state index contributed by atoms with van der Waals surface area (Å²) in [5.41, 5.74) is 4.56. The van der Waals surface area contributed by atoms with Crippen LogP contribution in [-0.2, 0) is 11.8 Å². The van der Waals surface area contributed by atoms with Gasteiger partial charge in [0.15, 0.2) is 5.65 Å². The third kappa shape index (κ3) is 3.61. The van der Waals surface area contributed by atoms with Crippen LogP contribution in [0.3, 0.4) is 0 Å². The normalized spacial score (nSPS) is 16.0. The summed E-state index contributed by atoms with van der Waals surface area (Å²) in [4.78, 5) is 21.2. The fourth-order valence-electron chi connectivity index (χ4n) is 3.69. The molecule has 1 aliphatic rings. The van der Waals surface area contributed by atoms with E-state index in [1.54, 1.807) is 40.9 Å². The maximum Gasteiger partial charge on any atom is 0.252 e. The van der Waals surface area contributed by atoms with E-state index in [2.05, 4.69) is 25.8 Å². The van der Waals surface area contributed by atoms with Gasteiger partial charge >= 0.3 is 0 Å². The second kappa shape index (κ2) is 7.80. The number of aromatic nitrogens is 6. The lowest BCUT2D eigenvalue weighted by molar-refractivity contribution is 0.0962. The van der Waals surface area contributed by atoms with Crippen molar-refractivity contribution in [1.82, 2.24) is 34.7 Å². The summed E-state index contributed by atoms with van der Waals surface area (Å²) in [5.74, 6) is 0.550. The highest BCUT2D eigenvalue weighted by molar-refractivity contribution is 5.95. The zero-order valence-corrected chi connectivity index (χ0v) is 17.2. The Morgan fingerprint density at radius 2 is 2.03 bits per heavy atom. The van der Waals surface area contributed by atoms with E-state index < -0.39 is 0 Å². The van der Waals surface area contributed by atoms with E-state index in [0.717, 1.165) is 41.1 Å². The monoisotopic (exact) mass is 418 g/mol. The van der Waals surface area contributed by atoms with Gasteiger partial charge in [0.05, 0.1) is 30.6 Å². The topological polar surface area (TPSA) is 111 Å². The van der Waals surface area contributed by atoms with Crippen LogP contribution in [0.4, 0.5) is 5.82 Å². The molecule has 10 heteroatoms. The molecule has 1 unspecified atom stereocenters. The van der Waals surface area contributed by atoms with Crippen LogP contribution in [0.25, 0.3) is 27.9 Å². The molecule has 0 saturated carbocycles. The molecule has 158 valence electrons. The van der Waals surface area contributed by atoms with E-state index in [4.69, 9.17) is 9.72 Å². The van der Waals surface area contributed by atoms with Gasteiger partial charge in [-0.2, -0.15) is 10.2 Å². The molecule has 1 saturated heterocycles. The number of ether oxygens (including phenoxy) is 1. The van der Waals surface area contributed by atoms with Crippen molar-refractivity contribution in [3.05, 3.63) is 48.8 Å². The van der Waals surface area contributed by atoms with Gasteiger partial charge in [-0.25, -0.2) is 9.50 Å². The fraction of sp³-hybridized carbons (Fsp3) is 0.286. The first kappa shape index (κ1) is 19.2. The minimum Gasteiger partial charge on any atom is -0.379 e. The Balaban J connectivity index is 1.63. The molecule has 1 aliphatic heterocycles. The predicted molar refractivity (Wildman–Crippen MR) is 115 cm³/mol. The molecule has 5 rings (SSSR count). The molecule has 0 radical (unpaired) electrons. The van der Waals surface area contributed by atoms with Crippen LogP contribution in [0.15, 0.2) is 43.2 Å². The van der Waals surface area contributed by atoms with E-state index in [0.29, 0.717) is 17.8 Å². The third-order valence-electron chi connectivity index (χ3n) is 5.32. The van der Waals surface area contributed by atoms with Gasteiger partial charge in [0, 0.05) is 67.7 Å². The Bertz CT molecular complexity index is 1260. The first-order valence-electron chi connectivity index (χ1n) is 10.0. The Labute approximate surface area is 178 Å². The fourth-order valence-corrected chi connectivity index (χ4v) is 3.69. The quantitative estimate of drug-likeness (QED) is 0.508. The van der Waals surface area contributed by atoms with Crippen molar-refractivity contribution in [2.75, 3.05) is 25.6 Å². The summed E-state index contributed by atoms with van der Waals surface area (Å²) in [6.07, 6.45) is 11.6. The highest BCUT2D eigenvalue weighted by Crippen LogP contribution is 2.31. The van der Waals surface area contributed by atoms with Crippen LogP contribution in [-0.4, -0.2) is 61.6 Å². The van der Waals surface area contributed by atoms with Gasteiger partial charge in [-0.15, -0.1) is 0 Å². The molecule has 0 aromatic carbocycles. The first-order chi connectivity index (χ1) is 15.1. The van der Waals surface area contributed by atoms with E-state index in [-0.39, 0.29) is 11.9 Å². The lowest BCUT2D eigenvalue weighted by Gasteiger charge is -2.15. The van der Waals surface area contributed by atoms with E-state index in [1.807, 2.05) is 19.4 Å². The number of carbonyl (C=O) groups is 1. The van der Waals surface area contributed by atoms with Crippen molar-refractivity contribution in [3.63, 3.8) is 0 Å². The number of carbonyl (C=O) groups excluding carboxylic acids is 1. The molecule has 5 heterocycles. The molecular formula is C21H22N8O2. The van der Waals surface area contributed by atoms with Gasteiger partial charge in [-0.1, -0.05) is 0 Å². The molecule has 0 spiro atoms. The summed E-state index contributed by atoms with van der Waals surface area (Å²) in [6, 6.07) is 1.98. The SMILES string of the molecule is CNC(=O)c1cncc(-c2cnn3cc(-c4cnn(C)c4)c(NC4CCOC4)nc23)c1. The molecule has 4 aromatic heterocycles. The van der Waals surface area contributed by atoms with Crippen molar-refractivity contribution in [2.45, 2.75) is 12.5 Å². The smallest absolute Gasteiger partial charge is 0.252 e. The minimum absolute atomic E-state index is 0.190. The molecule has 1 atom stereocenters. The minimum atomic E-state index is -0.193. The van der Waals surface area contributed by atoms with Gasteiger partial charge in [0.1, 0.15) is 5.82 Å². The van der Waals surface area contributed by atoms with Crippen LogP contribution in [0.1, 0.15) is 16.8 Å². The molecule has 1 fully saturated rings. The number of pyridine rings is 1. The van der Waals surface area contributed by atoms with E-state index >= 15 is 0 Å². The maximum absolute atomic E-state index is 12.0. The largest absolute Gasteiger partial charge is 0.379 e. The Kier molecular flexibility index (Phi) is 4.83.